The van der Waals surface area contributed by atoms with E-state index < -0.39 is 0 Å². The number of benzene rings is 1. The van der Waals surface area contributed by atoms with Gasteiger partial charge < -0.3 is 8.83 Å². The number of fused-ring (bicyclic) bond motifs is 1. The molecule has 0 aliphatic rings. The van der Waals surface area contributed by atoms with E-state index in [1.165, 1.54) is 11.8 Å². The van der Waals surface area contributed by atoms with Crippen molar-refractivity contribution in [2.75, 3.05) is 0 Å². The second kappa shape index (κ2) is 5.85. The van der Waals surface area contributed by atoms with E-state index in [1.807, 2.05) is 31.2 Å². The summed E-state index contributed by atoms with van der Waals surface area (Å²) in [5.41, 5.74) is 3.60. The van der Waals surface area contributed by atoms with E-state index in [4.69, 9.17) is 8.83 Å². The molecule has 0 aliphatic carbocycles. The molecule has 0 N–H and O–H groups in total. The second-order valence-corrected chi connectivity index (χ2v) is 5.81. The molecule has 3 aromatic heterocycles. The maximum Gasteiger partial charge on any atom is 0.284 e. The number of hydrogen-bond donors (Lipinski definition) is 0. The average molecular weight is 324 g/mol. The van der Waals surface area contributed by atoms with E-state index in [-0.39, 0.29) is 0 Å². The zero-order valence-electron chi connectivity index (χ0n) is 12.3. The molecule has 0 aliphatic heterocycles. The highest BCUT2D eigenvalue weighted by Gasteiger charge is 2.13. The third-order valence-corrected chi connectivity index (χ3v) is 4.14. The van der Waals surface area contributed by atoms with E-state index in [1.54, 1.807) is 18.4 Å². The van der Waals surface area contributed by atoms with Gasteiger partial charge in [0.1, 0.15) is 0 Å². The Hall–Kier alpha value is -2.67. The molecule has 0 radical (unpaired) electrons. The van der Waals surface area contributed by atoms with Crippen molar-refractivity contribution in [2.45, 2.75) is 17.9 Å². The van der Waals surface area contributed by atoms with Crippen LogP contribution in [0.2, 0.25) is 0 Å². The molecule has 4 aromatic rings. The average Bonchev–Trinajstić information content (AvgIpc) is 3.24. The summed E-state index contributed by atoms with van der Waals surface area (Å²) in [7, 11) is 0. The van der Waals surface area contributed by atoms with Gasteiger partial charge in [-0.15, -0.1) is 10.2 Å². The summed E-state index contributed by atoms with van der Waals surface area (Å²) in [4.78, 5) is 9.23. The van der Waals surface area contributed by atoms with Gasteiger partial charge in [-0.3, -0.25) is 0 Å². The summed E-state index contributed by atoms with van der Waals surface area (Å²) in [5, 5.41) is 8.47. The number of rotatable bonds is 4. The summed E-state index contributed by atoms with van der Waals surface area (Å²) in [6.07, 6.45) is 1.57. The minimum absolute atomic E-state index is 0.374. The van der Waals surface area contributed by atoms with Gasteiger partial charge >= 0.3 is 0 Å². The van der Waals surface area contributed by atoms with E-state index in [9.17, 15) is 0 Å². The smallest absolute Gasteiger partial charge is 0.284 e. The van der Waals surface area contributed by atoms with Crippen LogP contribution < -0.4 is 0 Å². The zero-order chi connectivity index (χ0) is 15.6. The lowest BCUT2D eigenvalue weighted by atomic mass is 10.2. The molecule has 6 nitrogen and oxygen atoms in total. The molecule has 23 heavy (non-hydrogen) atoms. The third-order valence-electron chi connectivity index (χ3n) is 3.31. The van der Waals surface area contributed by atoms with E-state index in [0.717, 1.165) is 22.4 Å². The quantitative estimate of drug-likeness (QED) is 0.527. The van der Waals surface area contributed by atoms with Crippen molar-refractivity contribution in [1.29, 1.82) is 0 Å². The van der Waals surface area contributed by atoms with Gasteiger partial charge in [-0.25, -0.2) is 9.97 Å². The number of para-hydroxylation sites is 2. The molecule has 3 heterocycles. The Balaban J connectivity index is 1.54. The van der Waals surface area contributed by atoms with Gasteiger partial charge in [0.25, 0.3) is 11.1 Å². The number of aromatic nitrogens is 4. The summed E-state index contributed by atoms with van der Waals surface area (Å²) < 4.78 is 10.8. The van der Waals surface area contributed by atoms with Crippen LogP contribution in [0.15, 0.2) is 56.7 Å². The van der Waals surface area contributed by atoms with Gasteiger partial charge in [0, 0.05) is 5.75 Å². The van der Waals surface area contributed by atoms with E-state index in [2.05, 4.69) is 20.2 Å². The first kappa shape index (κ1) is 14.0. The highest BCUT2D eigenvalue weighted by Crippen LogP contribution is 2.26. The molecule has 4 rings (SSSR count). The predicted octanol–water partition coefficient (Wildman–Crippen LogP) is 3.87. The Kier molecular flexibility index (Phi) is 3.55. The number of thioether (sulfide) groups is 1. The maximum absolute atomic E-state index is 5.58. The first-order valence-corrected chi connectivity index (χ1v) is 8.00. The molecule has 0 atom stereocenters. The molecule has 1 aromatic carbocycles. The van der Waals surface area contributed by atoms with Gasteiger partial charge in [-0.1, -0.05) is 23.9 Å². The number of aryl methyl sites for hydroxylation is 1. The standard InChI is InChI=1S/C16H12N4O2S/c1-10-13(18-12-6-3-2-5-11(12)17-10)9-23-16-20-19-15(22-16)14-7-4-8-21-14/h2-8H,9H2,1H3. The SMILES string of the molecule is Cc1nc2ccccc2nc1CSc1nnc(-c2ccco2)o1. The summed E-state index contributed by atoms with van der Waals surface area (Å²) >= 11 is 1.43. The van der Waals surface area contributed by atoms with Gasteiger partial charge in [0.2, 0.25) is 0 Å². The molecule has 0 spiro atoms. The first-order chi connectivity index (χ1) is 11.3. The van der Waals surface area contributed by atoms with Crippen LogP contribution in [-0.2, 0) is 5.75 Å². The largest absolute Gasteiger partial charge is 0.459 e. The van der Waals surface area contributed by atoms with Gasteiger partial charge in [0.05, 0.1) is 28.7 Å². The summed E-state index contributed by atoms with van der Waals surface area (Å²) in [5.74, 6) is 1.55. The lowest BCUT2D eigenvalue weighted by Gasteiger charge is -2.04. The van der Waals surface area contributed by atoms with Crippen molar-refractivity contribution < 1.29 is 8.83 Å². The van der Waals surface area contributed by atoms with Gasteiger partial charge in [-0.2, -0.15) is 0 Å². The Morgan fingerprint density at radius 3 is 2.61 bits per heavy atom. The minimum atomic E-state index is 0.374. The molecule has 0 saturated carbocycles. The van der Waals surface area contributed by atoms with Crippen molar-refractivity contribution in [3.8, 4) is 11.7 Å². The summed E-state index contributed by atoms with van der Waals surface area (Å²) in [6.45, 7) is 1.96. The van der Waals surface area contributed by atoms with Crippen LogP contribution >= 0.6 is 11.8 Å². The Bertz CT molecular complexity index is 950. The van der Waals surface area contributed by atoms with Crippen LogP contribution in [0.1, 0.15) is 11.4 Å². The molecule has 0 saturated heterocycles. The van der Waals surface area contributed by atoms with Crippen LogP contribution in [-0.4, -0.2) is 20.2 Å². The van der Waals surface area contributed by atoms with Crippen molar-refractivity contribution in [2.24, 2.45) is 0 Å². The monoisotopic (exact) mass is 324 g/mol. The highest BCUT2D eigenvalue weighted by molar-refractivity contribution is 7.98. The van der Waals surface area contributed by atoms with E-state index in [0.29, 0.717) is 22.6 Å². The Labute approximate surface area is 136 Å². The third kappa shape index (κ3) is 2.83. The van der Waals surface area contributed by atoms with Crippen LogP contribution in [0.25, 0.3) is 22.7 Å². The Morgan fingerprint density at radius 1 is 1.00 bits per heavy atom. The fourth-order valence-corrected chi connectivity index (χ4v) is 2.93. The number of hydrogen-bond acceptors (Lipinski definition) is 7. The van der Waals surface area contributed by atoms with Crippen LogP contribution in [0.4, 0.5) is 0 Å². The molecular weight excluding hydrogens is 312 g/mol. The molecule has 0 fully saturated rings. The number of nitrogens with zero attached hydrogens (tertiary/aromatic N) is 4. The van der Waals surface area contributed by atoms with E-state index >= 15 is 0 Å². The van der Waals surface area contributed by atoms with Crippen molar-refractivity contribution in [1.82, 2.24) is 20.2 Å². The molecular formula is C16H12N4O2S. The first-order valence-electron chi connectivity index (χ1n) is 7.02. The Morgan fingerprint density at radius 2 is 1.83 bits per heavy atom. The maximum atomic E-state index is 5.58. The lowest BCUT2D eigenvalue weighted by molar-refractivity contribution is 0.447. The van der Waals surface area contributed by atoms with Gasteiger partial charge in [-0.05, 0) is 31.2 Å². The van der Waals surface area contributed by atoms with Crippen LogP contribution in [0.5, 0.6) is 0 Å². The van der Waals surface area contributed by atoms with Gasteiger partial charge in [0.15, 0.2) is 5.76 Å². The van der Waals surface area contributed by atoms with Crippen molar-refractivity contribution in [3.63, 3.8) is 0 Å². The lowest BCUT2D eigenvalue weighted by Crippen LogP contribution is -1.96. The minimum Gasteiger partial charge on any atom is -0.459 e. The van der Waals surface area contributed by atoms with Crippen molar-refractivity contribution in [3.05, 3.63) is 54.0 Å². The molecule has 114 valence electrons. The molecule has 0 bridgehead atoms. The summed E-state index contributed by atoms with van der Waals surface area (Å²) in [6, 6.07) is 11.4. The second-order valence-electron chi connectivity index (χ2n) is 4.88. The zero-order valence-corrected chi connectivity index (χ0v) is 13.1. The normalized spacial score (nSPS) is 11.2. The van der Waals surface area contributed by atoms with Crippen LogP contribution in [0, 0.1) is 6.92 Å². The highest BCUT2D eigenvalue weighted by atomic mass is 32.2. The fraction of sp³-hybridized carbons (Fsp3) is 0.125. The fourth-order valence-electron chi connectivity index (χ4n) is 2.16. The van der Waals surface area contributed by atoms with Crippen molar-refractivity contribution >= 4 is 22.8 Å². The molecule has 0 amide bonds. The number of furan rings is 1. The van der Waals surface area contributed by atoms with Crippen LogP contribution in [0.3, 0.4) is 0 Å². The predicted molar refractivity (Wildman–Crippen MR) is 85.8 cm³/mol. The molecule has 7 heteroatoms. The topological polar surface area (TPSA) is 77.8 Å². The molecule has 0 unspecified atom stereocenters.